The first-order valence-electron chi connectivity index (χ1n) is 6.47. The predicted molar refractivity (Wildman–Crippen MR) is 76.9 cm³/mol. The molecule has 1 fully saturated rings. The van der Waals surface area contributed by atoms with Gasteiger partial charge >= 0.3 is 5.97 Å². The number of aromatic nitrogens is 1. The smallest absolute Gasteiger partial charge is 0.337 e. The Morgan fingerprint density at radius 3 is 2.85 bits per heavy atom. The third-order valence-electron chi connectivity index (χ3n) is 3.52. The van der Waals surface area contributed by atoms with E-state index < -0.39 is 0 Å². The lowest BCUT2D eigenvalue weighted by Crippen LogP contribution is -2.27. The summed E-state index contributed by atoms with van der Waals surface area (Å²) in [5, 5.41) is 3.43. The van der Waals surface area contributed by atoms with Crippen LogP contribution in [0.3, 0.4) is 0 Å². The highest BCUT2D eigenvalue weighted by molar-refractivity contribution is 7.22. The molecular weight excluding hydrogens is 276 g/mol. The van der Waals surface area contributed by atoms with Gasteiger partial charge in [-0.25, -0.2) is 9.78 Å². The van der Waals surface area contributed by atoms with E-state index in [1.807, 2.05) is 0 Å². The maximum Gasteiger partial charge on any atom is 0.337 e. The van der Waals surface area contributed by atoms with Gasteiger partial charge in [-0.05, 0) is 31.0 Å². The molecule has 1 saturated carbocycles. The average molecular weight is 290 g/mol. The maximum atomic E-state index is 11.9. The SMILES string of the molecule is COC(=O)c1ccc2nc(NC(=O)C3CCC3)sc2c1. The highest BCUT2D eigenvalue weighted by atomic mass is 32.1. The van der Waals surface area contributed by atoms with Crippen LogP contribution in [-0.4, -0.2) is 24.0 Å². The molecule has 20 heavy (non-hydrogen) atoms. The van der Waals surface area contributed by atoms with Crippen LogP contribution >= 0.6 is 11.3 Å². The minimum Gasteiger partial charge on any atom is -0.465 e. The number of ether oxygens (including phenoxy) is 1. The predicted octanol–water partition coefficient (Wildman–Crippen LogP) is 2.82. The van der Waals surface area contributed by atoms with Crippen LogP contribution in [0.4, 0.5) is 5.13 Å². The Hall–Kier alpha value is -1.95. The van der Waals surface area contributed by atoms with Crippen LogP contribution in [0, 0.1) is 5.92 Å². The standard InChI is InChI=1S/C14H14N2O3S/c1-19-13(18)9-5-6-10-11(7-9)20-14(15-10)16-12(17)8-3-2-4-8/h5-8H,2-4H2,1H3,(H,15,16,17). The second-order valence-corrected chi connectivity index (χ2v) is 5.84. The molecule has 6 heteroatoms. The number of hydrogen-bond acceptors (Lipinski definition) is 5. The van der Waals surface area contributed by atoms with Crippen molar-refractivity contribution in [1.82, 2.24) is 4.98 Å². The van der Waals surface area contributed by atoms with Crippen molar-refractivity contribution in [3.63, 3.8) is 0 Å². The van der Waals surface area contributed by atoms with Crippen LogP contribution in [0.2, 0.25) is 0 Å². The number of fused-ring (bicyclic) bond motifs is 1. The number of nitrogens with zero attached hydrogens (tertiary/aromatic N) is 1. The van der Waals surface area contributed by atoms with Gasteiger partial charge in [0.1, 0.15) is 0 Å². The highest BCUT2D eigenvalue weighted by Gasteiger charge is 2.25. The van der Waals surface area contributed by atoms with Crippen molar-refractivity contribution in [2.45, 2.75) is 19.3 Å². The normalized spacial score (nSPS) is 14.8. The van der Waals surface area contributed by atoms with E-state index in [1.165, 1.54) is 18.4 Å². The third-order valence-corrected chi connectivity index (χ3v) is 4.45. The summed E-state index contributed by atoms with van der Waals surface area (Å²) < 4.78 is 5.54. The Labute approximate surface area is 120 Å². The van der Waals surface area contributed by atoms with Crippen molar-refractivity contribution in [1.29, 1.82) is 0 Å². The van der Waals surface area contributed by atoms with Crippen LogP contribution in [0.25, 0.3) is 10.2 Å². The Balaban J connectivity index is 1.82. The lowest BCUT2D eigenvalue weighted by atomic mass is 9.85. The zero-order valence-electron chi connectivity index (χ0n) is 11.0. The van der Waals surface area contributed by atoms with Crippen molar-refractivity contribution in [3.8, 4) is 0 Å². The molecule has 0 unspecified atom stereocenters. The minimum absolute atomic E-state index is 0.0449. The van der Waals surface area contributed by atoms with E-state index in [2.05, 4.69) is 15.0 Å². The summed E-state index contributed by atoms with van der Waals surface area (Å²) in [5.74, 6) is -0.198. The van der Waals surface area contributed by atoms with Gasteiger partial charge in [-0.15, -0.1) is 0 Å². The van der Waals surface area contributed by atoms with Gasteiger partial charge in [0.25, 0.3) is 0 Å². The Kier molecular flexibility index (Phi) is 3.40. The van der Waals surface area contributed by atoms with E-state index in [0.717, 1.165) is 29.5 Å². The van der Waals surface area contributed by atoms with Crippen molar-refractivity contribution in [3.05, 3.63) is 23.8 Å². The number of nitrogens with one attached hydrogen (secondary N) is 1. The maximum absolute atomic E-state index is 11.9. The van der Waals surface area contributed by atoms with Crippen molar-refractivity contribution >= 4 is 38.6 Å². The fraction of sp³-hybridized carbons (Fsp3) is 0.357. The first kappa shape index (κ1) is 13.1. The van der Waals surface area contributed by atoms with Gasteiger partial charge in [0, 0.05) is 5.92 Å². The number of amides is 1. The van der Waals surface area contributed by atoms with E-state index in [-0.39, 0.29) is 17.8 Å². The molecule has 3 rings (SSSR count). The van der Waals surface area contributed by atoms with Gasteiger partial charge < -0.3 is 10.1 Å². The monoisotopic (exact) mass is 290 g/mol. The van der Waals surface area contributed by atoms with E-state index in [1.54, 1.807) is 18.2 Å². The lowest BCUT2D eigenvalue weighted by molar-refractivity contribution is -0.122. The van der Waals surface area contributed by atoms with E-state index >= 15 is 0 Å². The molecule has 0 spiro atoms. The molecule has 1 aromatic carbocycles. The number of esters is 1. The molecule has 1 N–H and O–H groups in total. The summed E-state index contributed by atoms with van der Waals surface area (Å²) in [5.41, 5.74) is 1.26. The van der Waals surface area contributed by atoms with E-state index in [9.17, 15) is 9.59 Å². The number of anilines is 1. The van der Waals surface area contributed by atoms with E-state index in [4.69, 9.17) is 0 Å². The summed E-state index contributed by atoms with van der Waals surface area (Å²) in [6.07, 6.45) is 3.05. The lowest BCUT2D eigenvalue weighted by Gasteiger charge is -2.23. The molecule has 0 radical (unpaired) electrons. The Morgan fingerprint density at radius 1 is 1.40 bits per heavy atom. The third kappa shape index (κ3) is 2.38. The zero-order chi connectivity index (χ0) is 14.1. The molecule has 0 aliphatic heterocycles. The quantitative estimate of drug-likeness (QED) is 0.883. The molecule has 1 amide bonds. The van der Waals surface area contributed by atoms with Crippen LogP contribution < -0.4 is 5.32 Å². The largest absolute Gasteiger partial charge is 0.465 e. The van der Waals surface area contributed by atoms with Crippen LogP contribution in [0.15, 0.2) is 18.2 Å². The fourth-order valence-corrected chi connectivity index (χ4v) is 3.01. The second kappa shape index (κ2) is 5.20. The number of methoxy groups -OCH3 is 1. The minimum atomic E-state index is -0.375. The first-order valence-corrected chi connectivity index (χ1v) is 7.29. The van der Waals surface area contributed by atoms with Crippen molar-refractivity contribution < 1.29 is 14.3 Å². The van der Waals surface area contributed by atoms with Gasteiger partial charge in [-0.1, -0.05) is 17.8 Å². The zero-order valence-corrected chi connectivity index (χ0v) is 11.8. The van der Waals surface area contributed by atoms with Crippen molar-refractivity contribution in [2.24, 2.45) is 5.92 Å². The van der Waals surface area contributed by atoms with Crippen LogP contribution in [0.5, 0.6) is 0 Å². The highest BCUT2D eigenvalue weighted by Crippen LogP contribution is 2.30. The number of carbonyl (C=O) groups excluding carboxylic acids is 2. The molecule has 5 nitrogen and oxygen atoms in total. The summed E-state index contributed by atoms with van der Waals surface area (Å²) in [4.78, 5) is 27.7. The Morgan fingerprint density at radius 2 is 2.20 bits per heavy atom. The van der Waals surface area contributed by atoms with Gasteiger partial charge in [0.05, 0.1) is 22.9 Å². The first-order chi connectivity index (χ1) is 9.67. The topological polar surface area (TPSA) is 68.3 Å². The molecule has 0 bridgehead atoms. The van der Waals surface area contributed by atoms with E-state index in [0.29, 0.717) is 10.7 Å². The average Bonchev–Trinajstić information content (AvgIpc) is 2.76. The summed E-state index contributed by atoms with van der Waals surface area (Å²) in [6, 6.07) is 5.17. The number of rotatable bonds is 3. The van der Waals surface area contributed by atoms with Gasteiger partial charge in [-0.2, -0.15) is 0 Å². The number of benzene rings is 1. The molecule has 2 aromatic rings. The summed E-state index contributed by atoms with van der Waals surface area (Å²) in [7, 11) is 1.35. The number of hydrogen-bond donors (Lipinski definition) is 1. The second-order valence-electron chi connectivity index (χ2n) is 4.81. The number of thiazole rings is 1. The number of carbonyl (C=O) groups is 2. The fourth-order valence-electron chi connectivity index (χ4n) is 2.10. The molecular formula is C14H14N2O3S. The summed E-state index contributed by atoms with van der Waals surface area (Å²) >= 11 is 1.37. The molecule has 1 aromatic heterocycles. The van der Waals surface area contributed by atoms with Crippen LogP contribution in [0.1, 0.15) is 29.6 Å². The van der Waals surface area contributed by atoms with Gasteiger partial charge in [0.2, 0.25) is 5.91 Å². The van der Waals surface area contributed by atoms with Crippen molar-refractivity contribution in [2.75, 3.05) is 12.4 Å². The molecule has 1 aliphatic rings. The molecule has 1 heterocycles. The molecule has 1 aliphatic carbocycles. The van der Waals surface area contributed by atoms with Crippen LogP contribution in [-0.2, 0) is 9.53 Å². The molecule has 0 saturated heterocycles. The Bertz CT molecular complexity index is 676. The molecule has 104 valence electrons. The van der Waals surface area contributed by atoms with Gasteiger partial charge in [-0.3, -0.25) is 4.79 Å². The molecule has 0 atom stereocenters. The van der Waals surface area contributed by atoms with Gasteiger partial charge in [0.15, 0.2) is 5.13 Å². The summed E-state index contributed by atoms with van der Waals surface area (Å²) in [6.45, 7) is 0.